The maximum Gasteiger partial charge on any atom is 0.120 e. The molecule has 4 atom stereocenters. The van der Waals surface area contributed by atoms with E-state index in [1.807, 2.05) is 0 Å². The highest BCUT2D eigenvalue weighted by Crippen LogP contribution is 2.60. The molecule has 45 heavy (non-hydrogen) atoms. The minimum absolute atomic E-state index is 0.400. The van der Waals surface area contributed by atoms with Gasteiger partial charge in [-0.25, -0.2) is 0 Å². The van der Waals surface area contributed by atoms with Gasteiger partial charge in [0.25, 0.3) is 0 Å². The zero-order valence-corrected chi connectivity index (χ0v) is 26.3. The summed E-state index contributed by atoms with van der Waals surface area (Å²) in [7, 11) is 3.42. The summed E-state index contributed by atoms with van der Waals surface area (Å²) >= 11 is 0. The summed E-state index contributed by atoms with van der Waals surface area (Å²) < 4.78 is 22.5. The highest BCUT2D eigenvalue weighted by molar-refractivity contribution is 5.91. The van der Waals surface area contributed by atoms with Gasteiger partial charge in [0.2, 0.25) is 0 Å². The van der Waals surface area contributed by atoms with Gasteiger partial charge in [0, 0.05) is 20.1 Å². The molecule has 4 unspecified atom stereocenters. The van der Waals surface area contributed by atoms with Gasteiger partial charge < -0.3 is 18.9 Å². The minimum atomic E-state index is -0.400. The first kappa shape index (κ1) is 28.4. The first-order chi connectivity index (χ1) is 22.1. The summed E-state index contributed by atoms with van der Waals surface area (Å²) in [6.45, 7) is 4.65. The fourth-order valence-corrected chi connectivity index (χ4v) is 8.03. The third-order valence-electron chi connectivity index (χ3n) is 10.2. The Morgan fingerprint density at radius 1 is 0.756 bits per heavy atom. The molecule has 4 heteroatoms. The number of allylic oxidation sites excluding steroid dienone is 5. The van der Waals surface area contributed by atoms with Crippen molar-refractivity contribution in [2.75, 3.05) is 40.6 Å². The molecule has 228 valence electrons. The molecule has 0 aliphatic heterocycles. The Balaban J connectivity index is 1.29. The third-order valence-corrected chi connectivity index (χ3v) is 10.2. The number of hydrogen-bond acceptors (Lipinski definition) is 4. The van der Waals surface area contributed by atoms with E-state index in [2.05, 4.69) is 104 Å². The van der Waals surface area contributed by atoms with Gasteiger partial charge in [0.05, 0.1) is 18.6 Å². The Hall–Kier alpha value is -4.12. The van der Waals surface area contributed by atoms with Crippen molar-refractivity contribution in [3.8, 4) is 5.75 Å². The van der Waals surface area contributed by atoms with E-state index in [-0.39, 0.29) is 0 Å². The quantitative estimate of drug-likeness (QED) is 0.172. The molecule has 4 aromatic rings. The molecular weight excluding hydrogens is 556 g/mol. The molecule has 0 radical (unpaired) electrons. The van der Waals surface area contributed by atoms with Crippen molar-refractivity contribution < 1.29 is 18.9 Å². The summed E-state index contributed by atoms with van der Waals surface area (Å²) in [5.74, 6) is 3.49. The molecular formula is C41H40O4. The lowest BCUT2D eigenvalue weighted by Crippen LogP contribution is -2.30. The van der Waals surface area contributed by atoms with Gasteiger partial charge in [-0.15, -0.1) is 0 Å². The molecule has 0 amide bonds. The van der Waals surface area contributed by atoms with Crippen molar-refractivity contribution >= 4 is 22.4 Å². The fourth-order valence-electron chi connectivity index (χ4n) is 8.03. The van der Waals surface area contributed by atoms with Crippen LogP contribution in [0.3, 0.4) is 0 Å². The second kappa shape index (κ2) is 11.3. The number of hydrogen-bond donors (Lipinski definition) is 0. The van der Waals surface area contributed by atoms with Crippen LogP contribution in [0.5, 0.6) is 5.75 Å². The number of ether oxygens (including phenoxy) is 4. The van der Waals surface area contributed by atoms with Crippen LogP contribution < -0.4 is 4.74 Å². The molecule has 0 bridgehead atoms. The molecule has 0 saturated heterocycles. The molecule has 0 aromatic heterocycles. The lowest BCUT2D eigenvalue weighted by molar-refractivity contribution is 0.105. The summed E-state index contributed by atoms with van der Waals surface area (Å²) in [6.07, 6.45) is 9.32. The van der Waals surface area contributed by atoms with Crippen LogP contribution in [0.1, 0.15) is 59.1 Å². The van der Waals surface area contributed by atoms with Crippen LogP contribution in [-0.4, -0.2) is 40.6 Å². The van der Waals surface area contributed by atoms with Crippen molar-refractivity contribution in [2.24, 2.45) is 11.8 Å². The van der Waals surface area contributed by atoms with E-state index in [4.69, 9.17) is 18.9 Å². The number of benzene rings is 4. The van der Waals surface area contributed by atoms with Crippen LogP contribution in [0.2, 0.25) is 0 Å². The highest BCUT2D eigenvalue weighted by atomic mass is 16.5. The molecule has 0 N–H and O–H groups in total. The van der Waals surface area contributed by atoms with Crippen LogP contribution in [0, 0.1) is 11.8 Å². The lowest BCUT2D eigenvalue weighted by Gasteiger charge is -2.36. The summed E-state index contributed by atoms with van der Waals surface area (Å²) in [4.78, 5) is 0. The van der Waals surface area contributed by atoms with Crippen molar-refractivity contribution in [2.45, 2.75) is 31.1 Å². The minimum Gasteiger partial charge on any atom is -0.495 e. The third kappa shape index (κ3) is 4.65. The predicted octanol–water partition coefficient (Wildman–Crippen LogP) is 8.68. The molecule has 4 aliphatic carbocycles. The van der Waals surface area contributed by atoms with E-state index in [1.165, 1.54) is 55.3 Å². The molecule has 4 aromatic carbocycles. The van der Waals surface area contributed by atoms with E-state index < -0.39 is 5.41 Å². The van der Waals surface area contributed by atoms with Gasteiger partial charge in [0.1, 0.15) is 24.7 Å². The monoisotopic (exact) mass is 596 g/mol. The Kier molecular flexibility index (Phi) is 7.15. The Morgan fingerprint density at radius 2 is 1.51 bits per heavy atom. The Bertz CT molecular complexity index is 1880. The molecule has 0 heterocycles. The zero-order chi connectivity index (χ0) is 30.5. The SMILES string of the molecule is COCCOC1=Cc2ccc(C3(c4ccc5cc(OCCOC)ccc5c4)C4=C(CC(C)C=C4)c4ccccc43)cc2C2CC12. The average molecular weight is 597 g/mol. The van der Waals surface area contributed by atoms with Crippen molar-refractivity contribution in [3.63, 3.8) is 0 Å². The first-order valence-electron chi connectivity index (χ1n) is 16.3. The van der Waals surface area contributed by atoms with Crippen molar-refractivity contribution in [3.05, 3.63) is 136 Å². The van der Waals surface area contributed by atoms with Gasteiger partial charge >= 0.3 is 0 Å². The molecule has 8 rings (SSSR count). The van der Waals surface area contributed by atoms with Crippen molar-refractivity contribution in [1.29, 1.82) is 0 Å². The van der Waals surface area contributed by atoms with Crippen LogP contribution in [0.15, 0.2) is 102 Å². The topological polar surface area (TPSA) is 36.9 Å². The van der Waals surface area contributed by atoms with E-state index in [1.54, 1.807) is 14.2 Å². The largest absolute Gasteiger partial charge is 0.495 e. The summed E-state index contributed by atoms with van der Waals surface area (Å²) in [5.41, 5.74) is 10.7. The molecule has 0 spiro atoms. The Morgan fingerprint density at radius 3 is 2.38 bits per heavy atom. The maximum atomic E-state index is 6.16. The van der Waals surface area contributed by atoms with E-state index in [9.17, 15) is 0 Å². The lowest BCUT2D eigenvalue weighted by atomic mass is 9.65. The number of rotatable bonds is 10. The van der Waals surface area contributed by atoms with Gasteiger partial charge in [-0.05, 0) is 104 Å². The number of methoxy groups -OCH3 is 2. The molecule has 1 fully saturated rings. The Labute approximate surface area is 266 Å². The van der Waals surface area contributed by atoms with Crippen molar-refractivity contribution in [1.82, 2.24) is 0 Å². The zero-order valence-electron chi connectivity index (χ0n) is 26.3. The highest BCUT2D eigenvalue weighted by Gasteiger charge is 2.50. The van der Waals surface area contributed by atoms with Crippen LogP contribution in [0.25, 0.3) is 22.4 Å². The normalized spacial score (nSPS) is 24.1. The van der Waals surface area contributed by atoms with Crippen LogP contribution in [0.4, 0.5) is 0 Å². The van der Waals surface area contributed by atoms with E-state index in [0.29, 0.717) is 44.2 Å². The smallest absolute Gasteiger partial charge is 0.120 e. The average Bonchev–Trinajstić information content (AvgIpc) is 3.83. The summed E-state index contributed by atoms with van der Waals surface area (Å²) in [6, 6.07) is 29.8. The standard InChI is InChI=1S/C41H40O4/c1-26-8-15-39-36(20-26)33-6-4-5-7-38(33)41(39,30-12-9-28-22-32(44-18-16-42-2)14-11-27(28)21-30)31-13-10-29-23-40(45-19-17-43-3)37-25-35(37)34(29)24-31/h4-15,21-24,26,35,37H,16-20,25H2,1-3H3. The van der Waals surface area contributed by atoms with Gasteiger partial charge in [-0.3, -0.25) is 0 Å². The second-order valence-corrected chi connectivity index (χ2v) is 13.0. The van der Waals surface area contributed by atoms with E-state index >= 15 is 0 Å². The van der Waals surface area contributed by atoms with E-state index in [0.717, 1.165) is 24.4 Å². The molecule has 4 nitrogen and oxygen atoms in total. The summed E-state index contributed by atoms with van der Waals surface area (Å²) in [5, 5.41) is 2.39. The van der Waals surface area contributed by atoms with Crippen LogP contribution in [-0.2, 0) is 19.6 Å². The van der Waals surface area contributed by atoms with Crippen LogP contribution >= 0.6 is 0 Å². The first-order valence-corrected chi connectivity index (χ1v) is 16.3. The maximum absolute atomic E-state index is 6.16. The number of fused-ring (bicyclic) bond motifs is 6. The molecule has 4 aliphatic rings. The van der Waals surface area contributed by atoms with Gasteiger partial charge in [-0.2, -0.15) is 0 Å². The fraction of sp³-hybridized carbons (Fsp3) is 0.317. The van der Waals surface area contributed by atoms with Gasteiger partial charge in [-0.1, -0.05) is 79.7 Å². The second-order valence-electron chi connectivity index (χ2n) is 13.0. The van der Waals surface area contributed by atoms with Gasteiger partial charge in [0.15, 0.2) is 0 Å². The predicted molar refractivity (Wildman–Crippen MR) is 181 cm³/mol. The molecule has 1 saturated carbocycles.